The van der Waals surface area contributed by atoms with E-state index in [1.807, 2.05) is 0 Å². The zero-order chi connectivity index (χ0) is 14.1. The Hall–Kier alpha value is -1.40. The quantitative estimate of drug-likeness (QED) is 0.831. The van der Waals surface area contributed by atoms with E-state index in [-0.39, 0.29) is 17.8 Å². The van der Waals surface area contributed by atoms with Crippen LogP contribution in [-0.4, -0.2) is 32.1 Å². The van der Waals surface area contributed by atoms with E-state index in [1.165, 1.54) is 23.3 Å². The molecule has 2 N–H and O–H groups in total. The van der Waals surface area contributed by atoms with E-state index < -0.39 is 0 Å². The molecule has 1 fully saturated rings. The van der Waals surface area contributed by atoms with E-state index in [4.69, 9.17) is 4.74 Å². The molecule has 1 aliphatic carbocycles. The van der Waals surface area contributed by atoms with Crippen molar-refractivity contribution in [3.63, 3.8) is 0 Å². The molecule has 1 aromatic heterocycles. The van der Waals surface area contributed by atoms with Crippen molar-refractivity contribution in [1.82, 2.24) is 5.32 Å². The zero-order valence-corrected chi connectivity index (χ0v) is 12.3. The molecule has 2 aliphatic rings. The molecule has 1 aliphatic heterocycles. The van der Waals surface area contributed by atoms with Crippen LogP contribution in [0.5, 0.6) is 0 Å². The van der Waals surface area contributed by atoms with Crippen LogP contribution in [0.4, 0.5) is 5.00 Å². The summed E-state index contributed by atoms with van der Waals surface area (Å²) in [6.07, 6.45) is 3.82. The summed E-state index contributed by atoms with van der Waals surface area (Å²) < 4.78 is 4.87. The van der Waals surface area contributed by atoms with Gasteiger partial charge in [-0.25, -0.2) is 4.79 Å². The Labute approximate surface area is 121 Å². The Bertz CT molecular complexity index is 547. The average molecular weight is 294 g/mol. The van der Waals surface area contributed by atoms with Gasteiger partial charge in [0.05, 0.1) is 18.6 Å². The van der Waals surface area contributed by atoms with Crippen LogP contribution < -0.4 is 10.6 Å². The van der Waals surface area contributed by atoms with Crippen molar-refractivity contribution in [2.45, 2.75) is 25.7 Å². The van der Waals surface area contributed by atoms with Gasteiger partial charge in [-0.05, 0) is 37.8 Å². The molecule has 20 heavy (non-hydrogen) atoms. The third-order valence-electron chi connectivity index (χ3n) is 3.98. The molecule has 108 valence electrons. The average Bonchev–Trinajstić information content (AvgIpc) is 3.13. The molecule has 5 nitrogen and oxygen atoms in total. The summed E-state index contributed by atoms with van der Waals surface area (Å²) in [6, 6.07) is 0. The molecule has 3 rings (SSSR count). The molecular weight excluding hydrogens is 276 g/mol. The number of methoxy groups -OCH3 is 1. The van der Waals surface area contributed by atoms with Crippen LogP contribution >= 0.6 is 11.3 Å². The summed E-state index contributed by atoms with van der Waals surface area (Å²) in [5.74, 6) is -0.346. The van der Waals surface area contributed by atoms with Crippen molar-refractivity contribution in [3.05, 3.63) is 16.0 Å². The van der Waals surface area contributed by atoms with Crippen LogP contribution in [0.2, 0.25) is 0 Å². The summed E-state index contributed by atoms with van der Waals surface area (Å²) in [7, 11) is 1.38. The van der Waals surface area contributed by atoms with E-state index >= 15 is 0 Å². The van der Waals surface area contributed by atoms with E-state index in [1.54, 1.807) is 0 Å². The molecule has 6 heteroatoms. The number of ether oxygens (including phenoxy) is 1. The van der Waals surface area contributed by atoms with Crippen molar-refractivity contribution in [1.29, 1.82) is 0 Å². The first-order valence-corrected chi connectivity index (χ1v) is 7.76. The van der Waals surface area contributed by atoms with Crippen molar-refractivity contribution < 1.29 is 14.3 Å². The Morgan fingerprint density at radius 3 is 2.95 bits per heavy atom. The van der Waals surface area contributed by atoms with E-state index in [9.17, 15) is 9.59 Å². The summed E-state index contributed by atoms with van der Waals surface area (Å²) in [4.78, 5) is 25.4. The van der Waals surface area contributed by atoms with Gasteiger partial charge in [0.2, 0.25) is 5.91 Å². The predicted octanol–water partition coefficient (Wildman–Crippen LogP) is 1.57. The fraction of sp³-hybridized carbons (Fsp3) is 0.571. The van der Waals surface area contributed by atoms with Gasteiger partial charge in [0.15, 0.2) is 0 Å². The van der Waals surface area contributed by atoms with Crippen LogP contribution in [0, 0.1) is 5.92 Å². The van der Waals surface area contributed by atoms with Gasteiger partial charge in [0.25, 0.3) is 0 Å². The fourth-order valence-electron chi connectivity index (χ4n) is 2.90. The zero-order valence-electron chi connectivity index (χ0n) is 11.5. The van der Waals surface area contributed by atoms with E-state index in [0.717, 1.165) is 37.8 Å². The summed E-state index contributed by atoms with van der Waals surface area (Å²) in [5.41, 5.74) is 1.64. The first-order valence-electron chi connectivity index (χ1n) is 6.95. The number of anilines is 1. The molecule has 2 heterocycles. The molecule has 0 bridgehead atoms. The van der Waals surface area contributed by atoms with Gasteiger partial charge >= 0.3 is 5.97 Å². The monoisotopic (exact) mass is 294 g/mol. The number of aryl methyl sites for hydroxylation is 1. The predicted molar refractivity (Wildman–Crippen MR) is 77.3 cm³/mol. The van der Waals surface area contributed by atoms with Gasteiger partial charge in [0, 0.05) is 11.4 Å². The van der Waals surface area contributed by atoms with Crippen molar-refractivity contribution in [2.24, 2.45) is 5.92 Å². The van der Waals surface area contributed by atoms with Gasteiger partial charge in [-0.15, -0.1) is 11.3 Å². The smallest absolute Gasteiger partial charge is 0.341 e. The SMILES string of the molecule is COC(=O)c1c(NC(=O)C2CCNC2)sc2c1CCC2. The summed E-state index contributed by atoms with van der Waals surface area (Å²) >= 11 is 1.53. The second-order valence-electron chi connectivity index (χ2n) is 5.23. The van der Waals surface area contributed by atoms with Crippen LogP contribution in [-0.2, 0) is 22.4 Å². The Kier molecular flexibility index (Phi) is 3.76. The molecule has 0 radical (unpaired) electrons. The van der Waals surface area contributed by atoms with Gasteiger partial charge in [-0.3, -0.25) is 4.79 Å². The number of amides is 1. The van der Waals surface area contributed by atoms with Gasteiger partial charge in [0.1, 0.15) is 5.00 Å². The number of nitrogens with one attached hydrogen (secondary N) is 2. The number of carbonyl (C=O) groups excluding carboxylic acids is 2. The maximum atomic E-state index is 12.2. The number of hydrogen-bond acceptors (Lipinski definition) is 5. The molecule has 1 atom stereocenters. The summed E-state index contributed by atoms with van der Waals surface area (Å²) in [5, 5.41) is 6.78. The minimum Gasteiger partial charge on any atom is -0.465 e. The highest BCUT2D eigenvalue weighted by Crippen LogP contribution is 2.39. The van der Waals surface area contributed by atoms with Crippen molar-refractivity contribution in [2.75, 3.05) is 25.5 Å². The number of hydrogen-bond donors (Lipinski definition) is 2. The summed E-state index contributed by atoms with van der Waals surface area (Å²) in [6.45, 7) is 1.59. The standard InChI is InChI=1S/C14H18N2O3S/c1-19-14(18)11-9-3-2-4-10(9)20-13(11)16-12(17)8-5-6-15-7-8/h8,15H,2-7H2,1H3,(H,16,17). The van der Waals surface area contributed by atoms with Crippen LogP contribution in [0.25, 0.3) is 0 Å². The number of carbonyl (C=O) groups is 2. The normalized spacial score (nSPS) is 20.8. The van der Waals surface area contributed by atoms with Crippen molar-refractivity contribution in [3.8, 4) is 0 Å². The maximum Gasteiger partial charge on any atom is 0.341 e. The first-order chi connectivity index (χ1) is 9.70. The Morgan fingerprint density at radius 1 is 1.40 bits per heavy atom. The highest BCUT2D eigenvalue weighted by atomic mass is 32.1. The number of thiophene rings is 1. The first kappa shape index (κ1) is 13.6. The number of fused-ring (bicyclic) bond motifs is 1. The maximum absolute atomic E-state index is 12.2. The number of rotatable bonds is 3. The second-order valence-corrected chi connectivity index (χ2v) is 6.34. The van der Waals surface area contributed by atoms with Crippen LogP contribution in [0.1, 0.15) is 33.6 Å². The third-order valence-corrected chi connectivity index (χ3v) is 5.19. The Morgan fingerprint density at radius 2 is 2.25 bits per heavy atom. The third kappa shape index (κ3) is 2.33. The van der Waals surface area contributed by atoms with Gasteiger partial charge in [-0.2, -0.15) is 0 Å². The fourth-order valence-corrected chi connectivity index (χ4v) is 4.18. The molecular formula is C14H18N2O3S. The lowest BCUT2D eigenvalue weighted by Crippen LogP contribution is -2.25. The van der Waals surface area contributed by atoms with Crippen LogP contribution in [0.3, 0.4) is 0 Å². The van der Waals surface area contributed by atoms with Crippen molar-refractivity contribution >= 4 is 28.2 Å². The Balaban J connectivity index is 1.85. The molecule has 0 spiro atoms. The topological polar surface area (TPSA) is 67.4 Å². The minimum absolute atomic E-state index is 0.0000709. The lowest BCUT2D eigenvalue weighted by molar-refractivity contribution is -0.119. The van der Waals surface area contributed by atoms with Gasteiger partial charge < -0.3 is 15.4 Å². The highest BCUT2D eigenvalue weighted by Gasteiger charge is 2.30. The highest BCUT2D eigenvalue weighted by molar-refractivity contribution is 7.17. The molecule has 1 aromatic rings. The lowest BCUT2D eigenvalue weighted by atomic mass is 10.1. The molecule has 0 saturated carbocycles. The largest absolute Gasteiger partial charge is 0.465 e. The molecule has 1 unspecified atom stereocenters. The molecule has 1 amide bonds. The number of esters is 1. The molecule has 1 saturated heterocycles. The van der Waals surface area contributed by atoms with Crippen LogP contribution in [0.15, 0.2) is 0 Å². The lowest BCUT2D eigenvalue weighted by Gasteiger charge is -2.10. The van der Waals surface area contributed by atoms with E-state index in [0.29, 0.717) is 17.1 Å². The van der Waals surface area contributed by atoms with E-state index in [2.05, 4.69) is 10.6 Å². The van der Waals surface area contributed by atoms with Gasteiger partial charge in [-0.1, -0.05) is 0 Å². The molecule has 0 aromatic carbocycles. The second kappa shape index (κ2) is 5.54. The minimum atomic E-state index is -0.343.